The highest BCUT2D eigenvalue weighted by molar-refractivity contribution is 5.89. The van der Waals surface area contributed by atoms with Crippen molar-refractivity contribution < 1.29 is 58.2 Å². The molecule has 0 amide bonds. The number of carbonyl (C=O) groups excluding carboxylic acids is 4. The average Bonchev–Trinajstić information content (AvgIpc) is 3.44. The van der Waals surface area contributed by atoms with E-state index in [1.165, 1.54) is 34.6 Å². The highest BCUT2D eigenvalue weighted by Gasteiger charge is 2.80. The second-order valence-electron chi connectivity index (χ2n) is 13.5. The molecule has 0 unspecified atom stereocenters. The molecular weight excluding hydrogens is 588 g/mol. The zero-order valence-electron chi connectivity index (χ0n) is 26.6. The first-order valence-corrected chi connectivity index (χ1v) is 15.1. The van der Waals surface area contributed by atoms with Crippen molar-refractivity contribution in [3.63, 3.8) is 0 Å². The zero-order chi connectivity index (χ0) is 33.3. The van der Waals surface area contributed by atoms with Crippen LogP contribution in [0.15, 0.2) is 41.5 Å². The van der Waals surface area contributed by atoms with Gasteiger partial charge in [0.1, 0.15) is 30.5 Å². The van der Waals surface area contributed by atoms with Gasteiger partial charge in [-0.25, -0.2) is 4.79 Å². The number of hydrogen-bond acceptors (Lipinski definition) is 12. The Morgan fingerprint density at radius 3 is 2.13 bits per heavy atom. The first-order chi connectivity index (χ1) is 20.9. The van der Waals surface area contributed by atoms with Crippen LogP contribution in [0.1, 0.15) is 71.7 Å². The van der Waals surface area contributed by atoms with Crippen molar-refractivity contribution in [3.8, 4) is 0 Å². The number of carbonyl (C=O) groups is 4. The molecule has 12 nitrogen and oxygen atoms in total. The number of hydrogen-bond donors (Lipinski definition) is 3. The van der Waals surface area contributed by atoms with Crippen molar-refractivity contribution in [2.24, 2.45) is 16.7 Å². The van der Waals surface area contributed by atoms with Crippen molar-refractivity contribution in [1.29, 1.82) is 0 Å². The van der Waals surface area contributed by atoms with Crippen molar-refractivity contribution >= 4 is 23.9 Å². The van der Waals surface area contributed by atoms with E-state index in [0.29, 0.717) is 5.57 Å². The van der Waals surface area contributed by atoms with E-state index in [0.717, 1.165) is 0 Å². The van der Waals surface area contributed by atoms with Gasteiger partial charge in [0.2, 0.25) is 0 Å². The summed E-state index contributed by atoms with van der Waals surface area (Å²) in [5.41, 5.74) is -5.65. The molecule has 1 aliphatic heterocycles. The van der Waals surface area contributed by atoms with Crippen LogP contribution in [0.4, 0.5) is 0 Å². The molecule has 3 fully saturated rings. The average molecular weight is 631 g/mol. The molecular formula is C33H42O12. The quantitative estimate of drug-likeness (QED) is 0.237. The topological polar surface area (TPSA) is 175 Å². The summed E-state index contributed by atoms with van der Waals surface area (Å²) in [6, 6.07) is 8.12. The number of rotatable bonds is 6. The fourth-order valence-corrected chi connectivity index (χ4v) is 8.81. The Morgan fingerprint density at radius 1 is 0.956 bits per heavy atom. The van der Waals surface area contributed by atoms with Crippen LogP contribution in [-0.4, -0.2) is 93.6 Å². The summed E-state index contributed by atoms with van der Waals surface area (Å²) in [6.07, 6.45) is -7.97. The van der Waals surface area contributed by atoms with Crippen LogP contribution in [0.25, 0.3) is 0 Å². The summed E-state index contributed by atoms with van der Waals surface area (Å²) in [6.45, 7) is 9.73. The molecule has 12 heteroatoms. The molecule has 0 aromatic heterocycles. The normalized spacial score (nSPS) is 38.8. The molecule has 5 rings (SSSR count). The minimum atomic E-state index is -1.75. The maximum Gasteiger partial charge on any atom is 0.338 e. The molecule has 246 valence electrons. The zero-order valence-corrected chi connectivity index (χ0v) is 26.6. The van der Waals surface area contributed by atoms with E-state index in [2.05, 4.69) is 0 Å². The van der Waals surface area contributed by atoms with E-state index in [-0.39, 0.29) is 30.6 Å². The number of benzene rings is 1. The van der Waals surface area contributed by atoms with Crippen LogP contribution in [0, 0.1) is 16.7 Å². The summed E-state index contributed by atoms with van der Waals surface area (Å²) < 4.78 is 30.2. The third-order valence-corrected chi connectivity index (χ3v) is 10.5. The highest BCUT2D eigenvalue weighted by Crippen LogP contribution is 2.69. The van der Waals surface area contributed by atoms with Crippen molar-refractivity contribution in [2.45, 2.75) is 109 Å². The molecule has 10 atom stereocenters. The van der Waals surface area contributed by atoms with Gasteiger partial charge in [-0.05, 0) is 44.1 Å². The Labute approximate surface area is 261 Å². The molecule has 1 saturated heterocycles. The van der Waals surface area contributed by atoms with E-state index < -0.39 is 88.5 Å². The van der Waals surface area contributed by atoms with E-state index in [1.807, 2.05) is 0 Å². The van der Waals surface area contributed by atoms with E-state index in [4.69, 9.17) is 23.7 Å². The molecule has 0 bridgehead atoms. The van der Waals surface area contributed by atoms with Crippen LogP contribution in [0.3, 0.4) is 0 Å². The van der Waals surface area contributed by atoms with E-state index >= 15 is 0 Å². The number of esters is 4. The van der Waals surface area contributed by atoms with Crippen LogP contribution in [-0.2, 0) is 38.1 Å². The van der Waals surface area contributed by atoms with Gasteiger partial charge in [-0.3, -0.25) is 14.4 Å². The highest BCUT2D eigenvalue weighted by atomic mass is 16.6. The number of aliphatic hydroxyl groups excluding tert-OH is 2. The summed E-state index contributed by atoms with van der Waals surface area (Å²) in [5.74, 6) is -3.89. The van der Waals surface area contributed by atoms with Gasteiger partial charge in [0.25, 0.3) is 0 Å². The van der Waals surface area contributed by atoms with Gasteiger partial charge in [0.05, 0.1) is 34.7 Å². The smallest absolute Gasteiger partial charge is 0.338 e. The summed E-state index contributed by atoms with van der Waals surface area (Å²) in [5, 5.41) is 36.3. The maximum absolute atomic E-state index is 13.7. The molecule has 45 heavy (non-hydrogen) atoms. The minimum Gasteiger partial charge on any atom is -0.462 e. The molecule has 1 aromatic rings. The first kappa shape index (κ1) is 33.1. The molecule has 3 aliphatic carbocycles. The lowest BCUT2D eigenvalue weighted by Gasteiger charge is -2.57. The van der Waals surface area contributed by atoms with Gasteiger partial charge in [-0.15, -0.1) is 0 Å². The molecule has 3 N–H and O–H groups in total. The Kier molecular flexibility index (Phi) is 8.21. The van der Waals surface area contributed by atoms with Gasteiger partial charge in [0.15, 0.2) is 5.60 Å². The first-order valence-electron chi connectivity index (χ1n) is 15.1. The molecule has 1 aromatic carbocycles. The van der Waals surface area contributed by atoms with Crippen LogP contribution >= 0.6 is 0 Å². The summed E-state index contributed by atoms with van der Waals surface area (Å²) >= 11 is 0. The molecule has 0 spiro atoms. The Balaban J connectivity index is 1.84. The molecule has 0 radical (unpaired) electrons. The third-order valence-electron chi connectivity index (χ3n) is 10.5. The lowest BCUT2D eigenvalue weighted by molar-refractivity contribution is -0.252. The van der Waals surface area contributed by atoms with Crippen molar-refractivity contribution in [3.05, 3.63) is 47.0 Å². The second kappa shape index (κ2) is 11.2. The second-order valence-corrected chi connectivity index (χ2v) is 13.5. The number of ether oxygens (including phenoxy) is 5. The van der Waals surface area contributed by atoms with Crippen LogP contribution in [0.2, 0.25) is 0 Å². The van der Waals surface area contributed by atoms with E-state index in [1.54, 1.807) is 44.2 Å². The van der Waals surface area contributed by atoms with Gasteiger partial charge < -0.3 is 39.0 Å². The minimum absolute atomic E-state index is 0.0324. The number of aliphatic hydroxyl groups is 3. The molecule has 2 saturated carbocycles. The van der Waals surface area contributed by atoms with Crippen LogP contribution < -0.4 is 0 Å². The number of fused-ring (bicyclic) bond motifs is 2. The van der Waals surface area contributed by atoms with Crippen molar-refractivity contribution in [2.75, 3.05) is 6.61 Å². The van der Waals surface area contributed by atoms with Crippen LogP contribution in [0.5, 0.6) is 0 Å². The van der Waals surface area contributed by atoms with Gasteiger partial charge in [0, 0.05) is 39.5 Å². The largest absolute Gasteiger partial charge is 0.462 e. The van der Waals surface area contributed by atoms with Gasteiger partial charge >= 0.3 is 23.9 Å². The van der Waals surface area contributed by atoms with E-state index in [9.17, 15) is 34.5 Å². The Morgan fingerprint density at radius 2 is 1.58 bits per heavy atom. The SMILES string of the molecule is CC(=O)O[C@H]1C[C@]2(C(C)(C)O)C(=C1C)[C@@H](O)[C@@H](OC(=O)c1ccccc1)[C@]1(C)[C@H](OC(C)=O)C[C@H](O)[C@]3(OC(C)=O)CO[C@H]2[C@@H]31. The third kappa shape index (κ3) is 4.88. The Hall–Kier alpha value is -3.32. The fourth-order valence-electron chi connectivity index (χ4n) is 8.81. The lowest BCUT2D eigenvalue weighted by Crippen LogP contribution is -2.70. The molecule has 1 heterocycles. The lowest BCUT2D eigenvalue weighted by atomic mass is 9.52. The monoisotopic (exact) mass is 630 g/mol. The predicted octanol–water partition coefficient (Wildman–Crippen LogP) is 2.02. The summed E-state index contributed by atoms with van der Waals surface area (Å²) in [4.78, 5) is 51.1. The fraction of sp³-hybridized carbons (Fsp3) is 0.636. The predicted molar refractivity (Wildman–Crippen MR) is 155 cm³/mol. The standard InChI is InChI=1S/C33H42O12/c1-16-21(42-17(2)34)14-32(30(5,6)40)24(16)25(38)27(44-29(39)20-11-9-8-10-12-20)31(7)23(43-18(3)35)13-22(37)33(45-19(4)36)15-41-28(32)26(31)33/h8-12,21-23,25-28,37-38,40H,13-15H2,1-7H3/t21-,22-,23+,25+,26+,27+,28-,31+,32-,33+/m0/s1. The maximum atomic E-state index is 13.7. The van der Waals surface area contributed by atoms with Gasteiger partial charge in [-0.2, -0.15) is 0 Å². The van der Waals surface area contributed by atoms with Gasteiger partial charge in [-0.1, -0.05) is 25.1 Å². The molecule has 4 aliphatic rings. The summed E-state index contributed by atoms with van der Waals surface area (Å²) in [7, 11) is 0. The Bertz CT molecular complexity index is 1410. The van der Waals surface area contributed by atoms with Crippen molar-refractivity contribution in [1.82, 2.24) is 0 Å².